The summed E-state index contributed by atoms with van der Waals surface area (Å²) in [5, 5.41) is 0.326. The number of benzene rings is 1. The lowest BCUT2D eigenvalue weighted by Gasteiger charge is -2.07. The highest BCUT2D eigenvalue weighted by molar-refractivity contribution is 6.39. The molecule has 0 N–H and O–H groups in total. The molecule has 0 bridgehead atoms. The smallest absolute Gasteiger partial charge is 0.349 e. The van der Waals surface area contributed by atoms with E-state index in [4.69, 9.17) is 23.2 Å². The lowest BCUT2D eigenvalue weighted by Crippen LogP contribution is -2.14. The standard InChI is InChI=1S/C13H12Cl2O3/c1-4-8(3)12(16)18-13(17)11-9(14)5-7(2)6-10(11)15/h4-6H,1-3H3/b8-4-. The zero-order chi connectivity index (χ0) is 13.9. The number of aryl methyl sites for hydroxylation is 1. The first kappa shape index (κ1) is 14.7. The van der Waals surface area contributed by atoms with E-state index in [9.17, 15) is 9.59 Å². The Morgan fingerprint density at radius 3 is 2.17 bits per heavy atom. The first-order valence-electron chi connectivity index (χ1n) is 5.22. The van der Waals surface area contributed by atoms with E-state index in [1.54, 1.807) is 39.0 Å². The maximum absolute atomic E-state index is 11.8. The van der Waals surface area contributed by atoms with Crippen molar-refractivity contribution >= 4 is 35.1 Å². The second kappa shape index (κ2) is 6.03. The van der Waals surface area contributed by atoms with Crippen molar-refractivity contribution < 1.29 is 14.3 Å². The van der Waals surface area contributed by atoms with Gasteiger partial charge in [-0.2, -0.15) is 0 Å². The molecule has 0 saturated heterocycles. The highest BCUT2D eigenvalue weighted by Crippen LogP contribution is 2.27. The lowest BCUT2D eigenvalue weighted by molar-refractivity contribution is -0.133. The predicted octanol–water partition coefficient (Wildman–Crippen LogP) is 3.95. The van der Waals surface area contributed by atoms with Gasteiger partial charge in [0.25, 0.3) is 0 Å². The molecule has 0 unspecified atom stereocenters. The summed E-state index contributed by atoms with van der Waals surface area (Å²) in [4.78, 5) is 23.2. The summed E-state index contributed by atoms with van der Waals surface area (Å²) in [5.74, 6) is -1.56. The lowest BCUT2D eigenvalue weighted by atomic mass is 10.1. The number of hydrogen-bond acceptors (Lipinski definition) is 3. The van der Waals surface area contributed by atoms with Gasteiger partial charge in [0.05, 0.1) is 15.6 Å². The number of allylic oxidation sites excluding steroid dienone is 1. The highest BCUT2D eigenvalue weighted by atomic mass is 35.5. The van der Waals surface area contributed by atoms with Gasteiger partial charge in [-0.3, -0.25) is 0 Å². The highest BCUT2D eigenvalue weighted by Gasteiger charge is 2.20. The Morgan fingerprint density at radius 1 is 1.22 bits per heavy atom. The minimum atomic E-state index is -0.851. The van der Waals surface area contributed by atoms with Gasteiger partial charge in [0.2, 0.25) is 0 Å². The second-order valence-electron chi connectivity index (χ2n) is 3.75. The molecule has 0 radical (unpaired) electrons. The van der Waals surface area contributed by atoms with Crippen LogP contribution in [0.15, 0.2) is 23.8 Å². The monoisotopic (exact) mass is 286 g/mol. The van der Waals surface area contributed by atoms with Gasteiger partial charge in [0.15, 0.2) is 0 Å². The number of esters is 2. The fraction of sp³-hybridized carbons (Fsp3) is 0.231. The van der Waals surface area contributed by atoms with Gasteiger partial charge in [-0.25, -0.2) is 9.59 Å². The van der Waals surface area contributed by atoms with E-state index in [0.717, 1.165) is 5.56 Å². The van der Waals surface area contributed by atoms with Crippen LogP contribution in [-0.2, 0) is 9.53 Å². The van der Waals surface area contributed by atoms with Crippen LogP contribution in [0.1, 0.15) is 29.8 Å². The molecule has 0 aliphatic rings. The average Bonchev–Trinajstić information content (AvgIpc) is 2.26. The largest absolute Gasteiger partial charge is 0.386 e. The van der Waals surface area contributed by atoms with Gasteiger partial charge in [0, 0.05) is 5.57 Å². The molecule has 0 aliphatic heterocycles. The minimum Gasteiger partial charge on any atom is -0.386 e. The van der Waals surface area contributed by atoms with Gasteiger partial charge in [-0.1, -0.05) is 29.3 Å². The van der Waals surface area contributed by atoms with Crippen LogP contribution in [0, 0.1) is 6.92 Å². The van der Waals surface area contributed by atoms with Gasteiger partial charge < -0.3 is 4.74 Å². The van der Waals surface area contributed by atoms with Crippen molar-refractivity contribution in [2.45, 2.75) is 20.8 Å². The Hall–Kier alpha value is -1.32. The number of carbonyl (C=O) groups excluding carboxylic acids is 2. The van der Waals surface area contributed by atoms with E-state index in [-0.39, 0.29) is 15.6 Å². The zero-order valence-electron chi connectivity index (χ0n) is 10.2. The third-order valence-electron chi connectivity index (χ3n) is 2.33. The van der Waals surface area contributed by atoms with Crippen molar-refractivity contribution in [3.8, 4) is 0 Å². The van der Waals surface area contributed by atoms with Crippen molar-refractivity contribution in [2.24, 2.45) is 0 Å². The van der Waals surface area contributed by atoms with Crippen LogP contribution in [0.5, 0.6) is 0 Å². The van der Waals surface area contributed by atoms with E-state index < -0.39 is 11.9 Å². The molecule has 1 rings (SSSR count). The molecule has 0 atom stereocenters. The summed E-state index contributed by atoms with van der Waals surface area (Å²) < 4.78 is 4.68. The summed E-state index contributed by atoms with van der Waals surface area (Å²) in [6, 6.07) is 3.16. The molecule has 1 aromatic carbocycles. The van der Waals surface area contributed by atoms with Gasteiger partial charge >= 0.3 is 11.9 Å². The van der Waals surface area contributed by atoms with Crippen molar-refractivity contribution in [1.29, 1.82) is 0 Å². The Morgan fingerprint density at radius 2 is 1.72 bits per heavy atom. The van der Waals surface area contributed by atoms with E-state index >= 15 is 0 Å². The normalized spacial score (nSPS) is 11.3. The SMILES string of the molecule is C/C=C(/C)C(=O)OC(=O)c1c(Cl)cc(C)cc1Cl. The van der Waals surface area contributed by atoms with Gasteiger partial charge in [0.1, 0.15) is 0 Å². The summed E-state index contributed by atoms with van der Waals surface area (Å²) in [6.07, 6.45) is 1.55. The molecule has 0 aliphatic carbocycles. The average molecular weight is 287 g/mol. The topological polar surface area (TPSA) is 43.4 Å². The Balaban J connectivity index is 3.03. The van der Waals surface area contributed by atoms with Gasteiger partial charge in [-0.05, 0) is 38.5 Å². The van der Waals surface area contributed by atoms with Crippen LogP contribution < -0.4 is 0 Å². The van der Waals surface area contributed by atoms with Crippen LogP contribution in [0.4, 0.5) is 0 Å². The molecule has 0 fully saturated rings. The maximum Gasteiger partial charge on any atom is 0.349 e. The van der Waals surface area contributed by atoms with Crippen molar-refractivity contribution in [2.75, 3.05) is 0 Å². The van der Waals surface area contributed by atoms with Crippen molar-refractivity contribution in [1.82, 2.24) is 0 Å². The molecule has 0 spiro atoms. The molecule has 0 amide bonds. The molecular formula is C13H12Cl2O3. The second-order valence-corrected chi connectivity index (χ2v) is 4.57. The van der Waals surface area contributed by atoms with Crippen LogP contribution in [0.2, 0.25) is 10.0 Å². The minimum absolute atomic E-state index is 0.00110. The van der Waals surface area contributed by atoms with E-state index in [1.807, 2.05) is 0 Å². The first-order valence-corrected chi connectivity index (χ1v) is 5.97. The summed E-state index contributed by atoms with van der Waals surface area (Å²) in [7, 11) is 0. The number of carbonyl (C=O) groups is 2. The first-order chi connectivity index (χ1) is 8.36. The summed E-state index contributed by atoms with van der Waals surface area (Å²) in [6.45, 7) is 5.02. The van der Waals surface area contributed by atoms with Crippen molar-refractivity contribution in [3.63, 3.8) is 0 Å². The molecule has 0 heterocycles. The summed E-state index contributed by atoms with van der Waals surface area (Å²) in [5.41, 5.74) is 1.15. The molecule has 96 valence electrons. The molecule has 18 heavy (non-hydrogen) atoms. The van der Waals surface area contributed by atoms with Gasteiger partial charge in [-0.15, -0.1) is 0 Å². The van der Waals surface area contributed by atoms with Crippen LogP contribution in [0.25, 0.3) is 0 Å². The van der Waals surface area contributed by atoms with Crippen molar-refractivity contribution in [3.05, 3.63) is 45.0 Å². The Labute approximate surface area is 115 Å². The fourth-order valence-electron chi connectivity index (χ4n) is 1.23. The van der Waals surface area contributed by atoms with Crippen LogP contribution >= 0.6 is 23.2 Å². The van der Waals surface area contributed by atoms with Crippen LogP contribution in [0.3, 0.4) is 0 Å². The third-order valence-corrected chi connectivity index (χ3v) is 2.93. The molecule has 3 nitrogen and oxygen atoms in total. The Kier molecular flexibility index (Phi) is 4.93. The quantitative estimate of drug-likeness (QED) is 0.470. The third kappa shape index (κ3) is 3.34. The van der Waals surface area contributed by atoms with E-state index in [1.165, 1.54) is 0 Å². The maximum atomic E-state index is 11.8. The van der Waals surface area contributed by atoms with E-state index in [2.05, 4.69) is 4.74 Å². The molecule has 5 heteroatoms. The number of halogens is 2. The number of hydrogen-bond donors (Lipinski definition) is 0. The summed E-state index contributed by atoms with van der Waals surface area (Å²) >= 11 is 11.8. The van der Waals surface area contributed by atoms with E-state index in [0.29, 0.717) is 5.57 Å². The molecule has 1 aromatic rings. The fourth-order valence-corrected chi connectivity index (χ4v) is 1.98. The number of ether oxygens (including phenoxy) is 1. The predicted molar refractivity (Wildman–Crippen MR) is 71.1 cm³/mol. The molecule has 0 saturated carbocycles. The molecule has 0 aromatic heterocycles. The van der Waals surface area contributed by atoms with Crippen LogP contribution in [-0.4, -0.2) is 11.9 Å². The number of rotatable bonds is 2. The Bertz CT molecular complexity index is 510. The molecular weight excluding hydrogens is 275 g/mol. The zero-order valence-corrected chi connectivity index (χ0v) is 11.7.